The number of nitrogens with one attached hydrogen (secondary N) is 4. The first-order chi connectivity index (χ1) is 22.0. The van der Waals surface area contributed by atoms with Crippen LogP contribution in [-0.4, -0.2) is 108 Å². The molecule has 0 atom stereocenters. The van der Waals surface area contributed by atoms with Crippen molar-refractivity contribution in [1.82, 2.24) is 19.7 Å². The molecule has 3 amide bonds. The highest BCUT2D eigenvalue weighted by Crippen LogP contribution is 2.21. The van der Waals surface area contributed by atoms with Gasteiger partial charge >= 0.3 is 6.03 Å². The third kappa shape index (κ3) is 8.19. The average Bonchev–Trinajstić information content (AvgIpc) is 3.55. The van der Waals surface area contributed by atoms with E-state index in [9.17, 15) is 14.7 Å². The van der Waals surface area contributed by atoms with E-state index in [2.05, 4.69) is 44.5 Å². The van der Waals surface area contributed by atoms with Crippen LogP contribution in [0.3, 0.4) is 0 Å². The number of amidine groups is 2. The van der Waals surface area contributed by atoms with Crippen molar-refractivity contribution in [3.8, 4) is 0 Å². The van der Waals surface area contributed by atoms with Gasteiger partial charge in [-0.15, -0.1) is 0 Å². The third-order valence-corrected chi connectivity index (χ3v) is 8.40. The number of morpholine rings is 1. The minimum Gasteiger partial charge on any atom is -0.384 e. The molecule has 0 saturated carbocycles. The predicted octanol–water partition coefficient (Wildman–Crippen LogP) is 4.16. The molecule has 244 valence electrons. The molecule has 0 bridgehead atoms. The molecule has 2 saturated heterocycles. The number of nitrogens with zero attached hydrogens (tertiary/aromatic N) is 4. The van der Waals surface area contributed by atoms with Gasteiger partial charge in [0.05, 0.1) is 24.5 Å². The number of hydrogen-bond donors (Lipinski definition) is 5. The Morgan fingerprint density at radius 3 is 1.98 bits per heavy atom. The van der Waals surface area contributed by atoms with Crippen molar-refractivity contribution in [1.29, 1.82) is 5.41 Å². The van der Waals surface area contributed by atoms with Gasteiger partial charge < -0.3 is 40.2 Å². The lowest BCUT2D eigenvalue weighted by Gasteiger charge is -2.35. The van der Waals surface area contributed by atoms with Gasteiger partial charge in [-0.2, -0.15) is 0 Å². The smallest absolute Gasteiger partial charge is 0.323 e. The van der Waals surface area contributed by atoms with Gasteiger partial charge in [0, 0.05) is 60.4 Å². The van der Waals surface area contributed by atoms with Crippen LogP contribution in [0.4, 0.5) is 16.2 Å². The van der Waals surface area contributed by atoms with Crippen molar-refractivity contribution in [2.75, 3.05) is 64.1 Å². The van der Waals surface area contributed by atoms with Crippen molar-refractivity contribution < 1.29 is 19.4 Å². The summed E-state index contributed by atoms with van der Waals surface area (Å²) in [4.78, 5) is 39.7. The van der Waals surface area contributed by atoms with Gasteiger partial charge in [0.2, 0.25) is 0 Å². The van der Waals surface area contributed by atoms with Gasteiger partial charge in [0.15, 0.2) is 11.7 Å². The molecule has 0 spiro atoms. The van der Waals surface area contributed by atoms with Gasteiger partial charge in [-0.05, 0) is 101 Å². The molecule has 12 heteroatoms. The van der Waals surface area contributed by atoms with Crippen molar-refractivity contribution >= 4 is 35.0 Å². The molecule has 2 aliphatic rings. The number of aromatic amines is 1. The normalized spacial score (nSPS) is 16.4. The second-order valence-corrected chi connectivity index (χ2v) is 12.4. The maximum absolute atomic E-state index is 12.9. The van der Waals surface area contributed by atoms with Gasteiger partial charge in [0.25, 0.3) is 5.91 Å². The number of aliphatic imine (C=N–C) groups is 1. The van der Waals surface area contributed by atoms with Crippen LogP contribution >= 0.6 is 0 Å². The number of piperidine rings is 1. The van der Waals surface area contributed by atoms with Crippen LogP contribution in [0.2, 0.25) is 0 Å². The Morgan fingerprint density at radius 2 is 1.46 bits per heavy atom. The lowest BCUT2D eigenvalue weighted by atomic mass is 10.0. The zero-order valence-corrected chi connectivity index (χ0v) is 27.0. The van der Waals surface area contributed by atoms with Crippen molar-refractivity contribution in [3.05, 3.63) is 83.2 Å². The molecular formula is C34H44N8O4. The maximum Gasteiger partial charge on any atom is 0.323 e. The molecule has 1 aromatic heterocycles. The number of aromatic nitrogens is 1. The number of hydrogen-bond acceptors (Lipinski definition) is 6. The summed E-state index contributed by atoms with van der Waals surface area (Å²) in [6, 6.07) is 17.6. The number of anilines is 2. The Balaban J connectivity index is 1.18. The molecular weight excluding hydrogens is 584 g/mol. The highest BCUT2D eigenvalue weighted by Gasteiger charge is 2.25. The van der Waals surface area contributed by atoms with Crippen LogP contribution in [0.15, 0.2) is 65.7 Å². The Hall–Kier alpha value is -4.52. The lowest BCUT2D eigenvalue weighted by molar-refractivity contribution is 0.0663. The Kier molecular flexibility index (Phi) is 10.2. The first-order valence-corrected chi connectivity index (χ1v) is 15.6. The molecule has 46 heavy (non-hydrogen) atoms. The Bertz CT molecular complexity index is 1540. The standard InChI is InChI=1S/C34H44N8O4/c1-34(2,45)29-14-13-28(38-29)31(41-19-21-46-22-20-41)39-30(35)23-5-9-25(10-6-23)36-33(44)37-26-11-7-24(8-12-26)32(43)42-17-15-27(16-18-42)40(3)4/h5-14,27,35,38,45H,15-22H2,1-4H3,(H2,36,37,44). The first kappa shape index (κ1) is 32.9. The number of benzene rings is 2. The molecule has 2 aromatic carbocycles. The van der Waals surface area contributed by atoms with Gasteiger partial charge in [-0.1, -0.05) is 0 Å². The Morgan fingerprint density at radius 1 is 0.891 bits per heavy atom. The minimum absolute atomic E-state index is 0.00650. The molecule has 5 N–H and O–H groups in total. The summed E-state index contributed by atoms with van der Waals surface area (Å²) >= 11 is 0. The second kappa shape index (κ2) is 14.3. The van der Waals surface area contributed by atoms with E-state index in [0.717, 1.165) is 25.9 Å². The topological polar surface area (TPSA) is 149 Å². The number of carbonyl (C=O) groups excluding carboxylic acids is 2. The number of rotatable bonds is 7. The SMILES string of the molecule is CN(C)C1CCN(C(=O)c2ccc(NC(=O)Nc3ccc(C(=N)N=C(c4ccc(C(C)(C)O)[nH]4)N4CCOCC4)cc3)cc2)CC1. The van der Waals surface area contributed by atoms with Crippen LogP contribution in [0.1, 0.15) is 54.0 Å². The fourth-order valence-electron chi connectivity index (χ4n) is 5.60. The fraction of sp³-hybridized carbons (Fsp3) is 0.412. The number of carbonyl (C=O) groups is 2. The molecule has 0 unspecified atom stereocenters. The van der Waals surface area contributed by atoms with Crippen molar-refractivity contribution in [2.24, 2.45) is 4.99 Å². The lowest BCUT2D eigenvalue weighted by Crippen LogP contribution is -2.44. The quantitative estimate of drug-likeness (QED) is 0.196. The Labute approximate surface area is 270 Å². The number of urea groups is 1. The van der Waals surface area contributed by atoms with E-state index >= 15 is 0 Å². The summed E-state index contributed by atoms with van der Waals surface area (Å²) in [7, 11) is 4.15. The number of aliphatic hydroxyl groups is 1. The van der Waals surface area contributed by atoms with Crippen LogP contribution in [0.25, 0.3) is 0 Å². The van der Waals surface area contributed by atoms with Crippen LogP contribution in [0.5, 0.6) is 0 Å². The van der Waals surface area contributed by atoms with Crippen LogP contribution in [-0.2, 0) is 10.3 Å². The highest BCUT2D eigenvalue weighted by atomic mass is 16.5. The minimum atomic E-state index is -1.04. The third-order valence-electron chi connectivity index (χ3n) is 8.40. The molecule has 3 heterocycles. The summed E-state index contributed by atoms with van der Waals surface area (Å²) < 4.78 is 5.51. The van der Waals surface area contributed by atoms with Crippen molar-refractivity contribution in [3.63, 3.8) is 0 Å². The van der Waals surface area contributed by atoms with E-state index in [1.54, 1.807) is 62.4 Å². The molecule has 0 aliphatic carbocycles. The largest absolute Gasteiger partial charge is 0.384 e. The van der Waals surface area contributed by atoms with Crippen LogP contribution in [0, 0.1) is 5.41 Å². The van der Waals surface area contributed by atoms with E-state index in [-0.39, 0.29) is 11.7 Å². The summed E-state index contributed by atoms with van der Waals surface area (Å²) in [5.74, 6) is 0.674. The summed E-state index contributed by atoms with van der Waals surface area (Å²) in [5.41, 5.74) is 2.63. The van der Waals surface area contributed by atoms with Gasteiger partial charge in [0.1, 0.15) is 0 Å². The van der Waals surface area contributed by atoms with E-state index < -0.39 is 11.6 Å². The zero-order valence-electron chi connectivity index (χ0n) is 27.0. The molecule has 3 aromatic rings. The van der Waals surface area contributed by atoms with E-state index in [1.165, 1.54) is 0 Å². The van der Waals surface area contributed by atoms with E-state index in [0.29, 0.717) is 72.1 Å². The molecule has 12 nitrogen and oxygen atoms in total. The predicted molar refractivity (Wildman–Crippen MR) is 180 cm³/mol. The monoisotopic (exact) mass is 628 g/mol. The summed E-state index contributed by atoms with van der Waals surface area (Å²) in [6.07, 6.45) is 1.92. The molecule has 5 rings (SSSR count). The molecule has 2 aliphatic heterocycles. The average molecular weight is 629 g/mol. The number of likely N-dealkylation sites (tertiary alicyclic amines) is 1. The number of amides is 3. The zero-order chi connectivity index (χ0) is 32.8. The fourth-order valence-corrected chi connectivity index (χ4v) is 5.60. The maximum atomic E-state index is 12.9. The van der Waals surface area contributed by atoms with E-state index in [4.69, 9.17) is 10.1 Å². The molecule has 0 radical (unpaired) electrons. The van der Waals surface area contributed by atoms with Gasteiger partial charge in [-0.25, -0.2) is 9.79 Å². The first-order valence-electron chi connectivity index (χ1n) is 15.6. The summed E-state index contributed by atoms with van der Waals surface area (Å²) in [5, 5.41) is 24.8. The molecule has 2 fully saturated rings. The van der Waals surface area contributed by atoms with Gasteiger partial charge in [-0.3, -0.25) is 10.2 Å². The van der Waals surface area contributed by atoms with E-state index in [1.807, 2.05) is 17.0 Å². The van der Waals surface area contributed by atoms with Crippen LogP contribution < -0.4 is 10.6 Å². The summed E-state index contributed by atoms with van der Waals surface area (Å²) in [6.45, 7) is 7.29. The second-order valence-electron chi connectivity index (χ2n) is 12.4. The number of H-pyrrole nitrogens is 1. The number of ether oxygens (including phenoxy) is 1. The van der Waals surface area contributed by atoms with Crippen molar-refractivity contribution in [2.45, 2.75) is 38.3 Å². The highest BCUT2D eigenvalue weighted by molar-refractivity contribution is 6.10.